The number of ether oxygens (including phenoxy) is 1. The molecule has 1 heterocycles. The summed E-state index contributed by atoms with van der Waals surface area (Å²) in [6.07, 6.45) is 1.91. The van der Waals surface area contributed by atoms with Crippen molar-refractivity contribution in [3.8, 4) is 5.75 Å². The van der Waals surface area contributed by atoms with Crippen LogP contribution in [0.3, 0.4) is 0 Å². The normalized spacial score (nSPS) is 13.9. The average molecular weight is 372 g/mol. The van der Waals surface area contributed by atoms with Gasteiger partial charge in [0.2, 0.25) is 0 Å². The molecule has 0 spiro atoms. The van der Waals surface area contributed by atoms with Gasteiger partial charge >= 0.3 is 0 Å². The maximum atomic E-state index is 6.04. The van der Waals surface area contributed by atoms with Crippen LogP contribution in [-0.2, 0) is 13.5 Å². The van der Waals surface area contributed by atoms with E-state index in [1.54, 1.807) is 7.05 Å². The summed E-state index contributed by atoms with van der Waals surface area (Å²) in [6, 6.07) is 10.2. The molecule has 2 aromatic rings. The molecule has 0 saturated heterocycles. The number of nitrogens with zero attached hydrogens (tertiary/aromatic N) is 3. The number of aromatic nitrogens is 2. The molecule has 2 unspecified atom stereocenters. The third kappa shape index (κ3) is 6.01. The van der Waals surface area contributed by atoms with Crippen molar-refractivity contribution in [3.05, 3.63) is 47.3 Å². The number of nitrogens with one attached hydrogen (secondary N) is 2. The maximum Gasteiger partial charge on any atom is 0.191 e. The van der Waals surface area contributed by atoms with Gasteiger partial charge in [0, 0.05) is 25.8 Å². The monoisotopic (exact) mass is 371 g/mol. The number of guanidine groups is 1. The molecule has 0 amide bonds. The summed E-state index contributed by atoms with van der Waals surface area (Å²) in [5.74, 6) is 1.68. The van der Waals surface area contributed by atoms with Gasteiger partial charge in [0.15, 0.2) is 5.96 Å². The summed E-state index contributed by atoms with van der Waals surface area (Å²) in [5, 5.41) is 11.4. The minimum Gasteiger partial charge on any atom is -0.489 e. The molecular weight excluding hydrogens is 338 g/mol. The fourth-order valence-corrected chi connectivity index (χ4v) is 3.07. The summed E-state index contributed by atoms with van der Waals surface area (Å²) >= 11 is 0. The van der Waals surface area contributed by atoms with Crippen LogP contribution in [0.1, 0.15) is 37.2 Å². The molecule has 2 N–H and O–H groups in total. The second-order valence-corrected chi connectivity index (χ2v) is 6.94. The lowest BCUT2D eigenvalue weighted by molar-refractivity contribution is 0.199. The van der Waals surface area contributed by atoms with Gasteiger partial charge in [0.05, 0.1) is 12.2 Å². The molecule has 0 aliphatic carbocycles. The van der Waals surface area contributed by atoms with Crippen LogP contribution in [-0.4, -0.2) is 41.5 Å². The van der Waals surface area contributed by atoms with E-state index in [1.807, 2.05) is 42.1 Å². The molecule has 0 aliphatic rings. The Balaban J connectivity index is 1.87. The highest BCUT2D eigenvalue weighted by molar-refractivity contribution is 5.80. The Morgan fingerprint density at radius 1 is 1.26 bits per heavy atom. The molecule has 1 aromatic heterocycles. The van der Waals surface area contributed by atoms with Crippen LogP contribution in [0.4, 0.5) is 0 Å². The smallest absolute Gasteiger partial charge is 0.191 e. The highest BCUT2D eigenvalue weighted by Gasteiger charge is 2.15. The van der Waals surface area contributed by atoms with Gasteiger partial charge < -0.3 is 15.4 Å². The Bertz CT molecular complexity index is 739. The lowest BCUT2D eigenvalue weighted by Crippen LogP contribution is -2.46. The van der Waals surface area contributed by atoms with Gasteiger partial charge in [0.25, 0.3) is 0 Å². The van der Waals surface area contributed by atoms with Crippen molar-refractivity contribution in [2.24, 2.45) is 12.0 Å². The lowest BCUT2D eigenvalue weighted by Gasteiger charge is -2.22. The standard InChI is InChI=1S/C21H33N5O/c1-7-18(27-19-11-9-8-10-12-19)14-23-21(22-5)24-15(2)13-20-16(3)25-26(6)17(20)4/h8-12,15,18H,7,13-14H2,1-6H3,(H2,22,23,24). The number of rotatable bonds is 8. The first-order chi connectivity index (χ1) is 12.9. The fraction of sp³-hybridized carbons (Fsp3) is 0.524. The largest absolute Gasteiger partial charge is 0.489 e. The molecule has 0 fully saturated rings. The maximum absolute atomic E-state index is 6.04. The summed E-state index contributed by atoms with van der Waals surface area (Å²) < 4.78 is 7.98. The van der Waals surface area contributed by atoms with Crippen LogP contribution in [0.2, 0.25) is 0 Å². The summed E-state index contributed by atoms with van der Waals surface area (Å²) in [4.78, 5) is 4.35. The Morgan fingerprint density at radius 3 is 2.52 bits per heavy atom. The predicted octanol–water partition coefficient (Wildman–Crippen LogP) is 2.99. The Labute approximate surface area is 163 Å². The Morgan fingerprint density at radius 2 is 1.96 bits per heavy atom. The minimum absolute atomic E-state index is 0.0871. The molecule has 2 atom stereocenters. The summed E-state index contributed by atoms with van der Waals surface area (Å²) in [5.41, 5.74) is 3.60. The van der Waals surface area contributed by atoms with Gasteiger partial charge in [0.1, 0.15) is 11.9 Å². The number of para-hydroxylation sites is 1. The molecule has 2 rings (SSSR count). The molecule has 0 radical (unpaired) electrons. The molecule has 27 heavy (non-hydrogen) atoms. The average Bonchev–Trinajstić information content (AvgIpc) is 2.90. The zero-order valence-corrected chi connectivity index (χ0v) is 17.4. The number of aryl methyl sites for hydroxylation is 2. The zero-order valence-electron chi connectivity index (χ0n) is 17.4. The van der Waals surface area contributed by atoms with Crippen LogP contribution in [0, 0.1) is 13.8 Å². The zero-order chi connectivity index (χ0) is 19.8. The molecule has 0 aliphatic heterocycles. The first kappa shape index (κ1) is 20.8. The van der Waals surface area contributed by atoms with E-state index in [-0.39, 0.29) is 12.1 Å². The van der Waals surface area contributed by atoms with E-state index in [9.17, 15) is 0 Å². The fourth-order valence-electron chi connectivity index (χ4n) is 3.07. The van der Waals surface area contributed by atoms with Crippen LogP contribution < -0.4 is 15.4 Å². The van der Waals surface area contributed by atoms with Crippen molar-refractivity contribution in [1.29, 1.82) is 0 Å². The second kappa shape index (κ2) is 10.00. The minimum atomic E-state index is 0.0871. The lowest BCUT2D eigenvalue weighted by atomic mass is 10.1. The van der Waals surface area contributed by atoms with Crippen molar-refractivity contribution in [2.75, 3.05) is 13.6 Å². The van der Waals surface area contributed by atoms with E-state index in [1.165, 1.54) is 11.3 Å². The molecule has 0 bridgehead atoms. The number of benzene rings is 1. The van der Waals surface area contributed by atoms with Crippen molar-refractivity contribution in [1.82, 2.24) is 20.4 Å². The van der Waals surface area contributed by atoms with Crippen molar-refractivity contribution < 1.29 is 4.74 Å². The number of hydrogen-bond acceptors (Lipinski definition) is 3. The van der Waals surface area contributed by atoms with E-state index >= 15 is 0 Å². The number of aliphatic imine (C=N–C) groups is 1. The predicted molar refractivity (Wildman–Crippen MR) is 111 cm³/mol. The molecule has 6 heteroatoms. The van der Waals surface area contributed by atoms with E-state index in [4.69, 9.17) is 4.74 Å². The summed E-state index contributed by atoms with van der Waals surface area (Å²) in [6.45, 7) is 9.16. The summed E-state index contributed by atoms with van der Waals surface area (Å²) in [7, 11) is 3.78. The second-order valence-electron chi connectivity index (χ2n) is 6.94. The van der Waals surface area contributed by atoms with E-state index in [2.05, 4.69) is 48.4 Å². The van der Waals surface area contributed by atoms with Gasteiger partial charge in [-0.15, -0.1) is 0 Å². The molecule has 1 aromatic carbocycles. The van der Waals surface area contributed by atoms with Crippen LogP contribution in [0.15, 0.2) is 35.3 Å². The van der Waals surface area contributed by atoms with Gasteiger partial charge in [-0.25, -0.2) is 0 Å². The van der Waals surface area contributed by atoms with Gasteiger partial charge in [-0.1, -0.05) is 25.1 Å². The quantitative estimate of drug-likeness (QED) is 0.553. The van der Waals surface area contributed by atoms with Crippen molar-refractivity contribution in [2.45, 2.75) is 52.7 Å². The number of hydrogen-bond donors (Lipinski definition) is 2. The molecule has 6 nitrogen and oxygen atoms in total. The van der Waals surface area contributed by atoms with Crippen LogP contribution in [0.5, 0.6) is 5.75 Å². The van der Waals surface area contributed by atoms with Gasteiger partial charge in [-0.2, -0.15) is 5.10 Å². The SMILES string of the molecule is CCC(CNC(=NC)NC(C)Cc1c(C)nn(C)c1C)Oc1ccccc1. The van der Waals surface area contributed by atoms with E-state index in [0.29, 0.717) is 6.54 Å². The third-order valence-corrected chi connectivity index (χ3v) is 4.77. The highest BCUT2D eigenvalue weighted by atomic mass is 16.5. The van der Waals surface area contributed by atoms with Crippen molar-refractivity contribution in [3.63, 3.8) is 0 Å². The van der Waals surface area contributed by atoms with E-state index in [0.717, 1.165) is 30.2 Å². The third-order valence-electron chi connectivity index (χ3n) is 4.77. The Hall–Kier alpha value is -2.50. The van der Waals surface area contributed by atoms with Gasteiger partial charge in [-0.05, 0) is 51.3 Å². The van der Waals surface area contributed by atoms with Crippen LogP contribution in [0.25, 0.3) is 0 Å². The topological polar surface area (TPSA) is 63.5 Å². The first-order valence-corrected chi connectivity index (χ1v) is 9.62. The van der Waals surface area contributed by atoms with Crippen LogP contribution >= 0.6 is 0 Å². The Kier molecular flexibility index (Phi) is 7.70. The van der Waals surface area contributed by atoms with E-state index < -0.39 is 0 Å². The highest BCUT2D eigenvalue weighted by Crippen LogP contribution is 2.14. The molecular formula is C21H33N5O. The van der Waals surface area contributed by atoms with Gasteiger partial charge in [-0.3, -0.25) is 9.67 Å². The molecule has 0 saturated carbocycles. The van der Waals surface area contributed by atoms with Crippen molar-refractivity contribution >= 4 is 5.96 Å². The first-order valence-electron chi connectivity index (χ1n) is 9.62. The molecule has 148 valence electrons.